The number of para-hydroxylation sites is 1. The van der Waals surface area contributed by atoms with Crippen molar-refractivity contribution >= 4 is 28.4 Å². The van der Waals surface area contributed by atoms with E-state index in [1.807, 2.05) is 36.4 Å². The summed E-state index contributed by atoms with van der Waals surface area (Å²) in [6, 6.07) is 16.8. The number of benzene rings is 2. The van der Waals surface area contributed by atoms with Crippen LogP contribution in [-0.2, 0) is 6.54 Å². The highest BCUT2D eigenvalue weighted by Gasteiger charge is 2.15. The molecule has 4 nitrogen and oxygen atoms in total. The van der Waals surface area contributed by atoms with Gasteiger partial charge in [0.25, 0.3) is 5.91 Å². The first-order valence-corrected chi connectivity index (χ1v) is 6.90. The van der Waals surface area contributed by atoms with Gasteiger partial charge in [0.2, 0.25) is 0 Å². The number of aromatic nitrogens is 1. The quantitative estimate of drug-likeness (QED) is 0.443. The molecule has 0 saturated carbocycles. The minimum absolute atomic E-state index is 0.249. The van der Waals surface area contributed by atoms with E-state index in [1.54, 1.807) is 18.2 Å². The number of nitrogens with one attached hydrogen (secondary N) is 1. The van der Waals surface area contributed by atoms with Crippen LogP contribution in [-0.4, -0.2) is 15.9 Å². The third-order valence-electron chi connectivity index (χ3n) is 3.29. The zero-order chi connectivity index (χ0) is 14.8. The fourth-order valence-electron chi connectivity index (χ4n) is 2.20. The number of fused-ring (bicyclic) bond motifs is 1. The number of rotatable bonds is 3. The molecule has 0 aliphatic rings. The zero-order valence-corrected chi connectivity index (χ0v) is 12.0. The van der Waals surface area contributed by atoms with Crippen LogP contribution in [0.3, 0.4) is 0 Å². The van der Waals surface area contributed by atoms with Crippen LogP contribution in [0.25, 0.3) is 10.9 Å². The zero-order valence-electron chi connectivity index (χ0n) is 11.2. The summed E-state index contributed by atoms with van der Waals surface area (Å²) in [5.74, 6) is 5.62. The number of halogens is 1. The van der Waals surface area contributed by atoms with Crippen molar-refractivity contribution in [1.82, 2.24) is 9.99 Å². The Morgan fingerprint density at radius 1 is 1.14 bits per heavy atom. The van der Waals surface area contributed by atoms with Crippen LogP contribution in [0.4, 0.5) is 0 Å². The summed E-state index contributed by atoms with van der Waals surface area (Å²) in [4.78, 5) is 15.4. The molecule has 3 aromatic rings. The first kappa shape index (κ1) is 13.7. The fourth-order valence-corrected chi connectivity index (χ4v) is 2.33. The average molecular weight is 300 g/mol. The van der Waals surface area contributed by atoms with Crippen LogP contribution in [0.1, 0.15) is 16.1 Å². The third-order valence-corrected chi connectivity index (χ3v) is 3.54. The predicted molar refractivity (Wildman–Crippen MR) is 83.8 cm³/mol. The van der Waals surface area contributed by atoms with Gasteiger partial charge in [0.15, 0.2) is 0 Å². The van der Waals surface area contributed by atoms with Crippen molar-refractivity contribution in [2.75, 3.05) is 0 Å². The highest BCUT2D eigenvalue weighted by molar-refractivity contribution is 6.30. The third kappa shape index (κ3) is 2.91. The molecule has 0 spiro atoms. The second kappa shape index (κ2) is 5.60. The van der Waals surface area contributed by atoms with Gasteiger partial charge in [-0.2, -0.15) is 0 Å². The van der Waals surface area contributed by atoms with Crippen LogP contribution in [0.15, 0.2) is 54.6 Å². The van der Waals surface area contributed by atoms with Gasteiger partial charge in [-0.05, 0) is 29.8 Å². The summed E-state index contributed by atoms with van der Waals surface area (Å²) in [5.41, 5.74) is 2.32. The molecule has 0 atom stereocenters. The summed E-state index contributed by atoms with van der Waals surface area (Å²) in [6.07, 6.45) is 0. The summed E-state index contributed by atoms with van der Waals surface area (Å²) < 4.78 is 0. The average Bonchev–Trinajstić information content (AvgIpc) is 2.92. The lowest BCUT2D eigenvalue weighted by Crippen LogP contribution is -2.36. The molecular weight excluding hydrogens is 286 g/mol. The Morgan fingerprint density at radius 2 is 1.86 bits per heavy atom. The molecule has 0 fully saturated rings. The molecule has 0 saturated heterocycles. The topological polar surface area (TPSA) is 62.1 Å². The number of carbonyl (C=O) groups excluding carboxylic acids is 1. The molecule has 21 heavy (non-hydrogen) atoms. The van der Waals surface area contributed by atoms with Gasteiger partial charge >= 0.3 is 0 Å². The molecule has 2 aromatic carbocycles. The highest BCUT2D eigenvalue weighted by Crippen LogP contribution is 2.16. The Morgan fingerprint density at radius 3 is 2.57 bits per heavy atom. The maximum absolute atomic E-state index is 12.3. The number of nitrogens with two attached hydrogens (primary N) is 1. The second-order valence-corrected chi connectivity index (χ2v) is 5.27. The van der Waals surface area contributed by atoms with Crippen molar-refractivity contribution in [3.8, 4) is 0 Å². The largest absolute Gasteiger partial charge is 0.350 e. The normalized spacial score (nSPS) is 10.8. The lowest BCUT2D eigenvalue weighted by atomic mass is 10.2. The van der Waals surface area contributed by atoms with E-state index >= 15 is 0 Å². The SMILES string of the molecule is NN(Cc1ccc(Cl)cc1)C(=O)c1cc2ccccc2[nH]1. The lowest BCUT2D eigenvalue weighted by Gasteiger charge is -2.15. The van der Waals surface area contributed by atoms with E-state index in [0.29, 0.717) is 17.3 Å². The molecule has 1 aromatic heterocycles. The minimum Gasteiger partial charge on any atom is -0.350 e. The first-order chi connectivity index (χ1) is 10.1. The fraction of sp³-hybridized carbons (Fsp3) is 0.0625. The molecular formula is C16H14ClN3O. The van der Waals surface area contributed by atoms with E-state index in [9.17, 15) is 4.79 Å². The monoisotopic (exact) mass is 299 g/mol. The van der Waals surface area contributed by atoms with E-state index in [0.717, 1.165) is 16.5 Å². The first-order valence-electron chi connectivity index (χ1n) is 6.52. The standard InChI is InChI=1S/C16H14ClN3O/c17-13-7-5-11(6-8-13)10-20(18)16(21)15-9-12-3-1-2-4-14(12)19-15/h1-9,19H,10,18H2. The van der Waals surface area contributed by atoms with Crippen LogP contribution in [0.5, 0.6) is 0 Å². The van der Waals surface area contributed by atoms with Gasteiger partial charge in [-0.3, -0.25) is 9.80 Å². The number of nitrogens with zero attached hydrogens (tertiary/aromatic N) is 1. The smallest absolute Gasteiger partial charge is 0.284 e. The number of H-pyrrole nitrogens is 1. The second-order valence-electron chi connectivity index (χ2n) is 4.83. The van der Waals surface area contributed by atoms with Gasteiger partial charge in [-0.1, -0.05) is 41.9 Å². The van der Waals surface area contributed by atoms with E-state index < -0.39 is 0 Å². The molecule has 0 aliphatic carbocycles. The van der Waals surface area contributed by atoms with Crippen LogP contribution in [0, 0.1) is 0 Å². The maximum atomic E-state index is 12.3. The maximum Gasteiger partial charge on any atom is 0.284 e. The summed E-state index contributed by atoms with van der Waals surface area (Å²) in [6.45, 7) is 0.325. The van der Waals surface area contributed by atoms with Gasteiger partial charge < -0.3 is 4.98 Å². The number of hydrogen-bond donors (Lipinski definition) is 2. The van der Waals surface area contributed by atoms with Gasteiger partial charge in [0.1, 0.15) is 5.69 Å². The molecule has 106 valence electrons. The number of aromatic amines is 1. The summed E-state index contributed by atoms with van der Waals surface area (Å²) in [7, 11) is 0. The Bertz CT molecular complexity index is 747. The molecule has 3 rings (SSSR count). The molecule has 5 heteroatoms. The Kier molecular flexibility index (Phi) is 3.64. The van der Waals surface area contributed by atoms with Gasteiger partial charge in [0.05, 0.1) is 6.54 Å². The Labute approximate surface area is 127 Å². The highest BCUT2D eigenvalue weighted by atomic mass is 35.5. The molecule has 1 amide bonds. The van der Waals surface area contributed by atoms with Crippen LogP contribution >= 0.6 is 11.6 Å². The van der Waals surface area contributed by atoms with E-state index in [2.05, 4.69) is 4.98 Å². The van der Waals surface area contributed by atoms with Crippen LogP contribution < -0.4 is 5.84 Å². The van der Waals surface area contributed by atoms with E-state index in [4.69, 9.17) is 17.4 Å². The van der Waals surface area contributed by atoms with Crippen molar-refractivity contribution in [1.29, 1.82) is 0 Å². The van der Waals surface area contributed by atoms with Crippen molar-refractivity contribution in [3.05, 3.63) is 70.9 Å². The summed E-state index contributed by atoms with van der Waals surface area (Å²) >= 11 is 5.84. The minimum atomic E-state index is -0.249. The Hall–Kier alpha value is -2.30. The molecule has 3 N–H and O–H groups in total. The molecule has 0 radical (unpaired) electrons. The number of hydrogen-bond acceptors (Lipinski definition) is 2. The van der Waals surface area contributed by atoms with Crippen molar-refractivity contribution < 1.29 is 4.79 Å². The van der Waals surface area contributed by atoms with Crippen molar-refractivity contribution in [2.24, 2.45) is 5.84 Å². The van der Waals surface area contributed by atoms with Gasteiger partial charge in [-0.25, -0.2) is 5.84 Å². The van der Waals surface area contributed by atoms with E-state index in [1.165, 1.54) is 5.01 Å². The molecule has 0 unspecified atom stereocenters. The molecule has 1 heterocycles. The molecule has 0 aliphatic heterocycles. The Balaban J connectivity index is 1.78. The number of amides is 1. The summed E-state index contributed by atoms with van der Waals surface area (Å²) in [5, 5.41) is 2.83. The number of carbonyl (C=O) groups is 1. The van der Waals surface area contributed by atoms with Crippen molar-refractivity contribution in [2.45, 2.75) is 6.54 Å². The van der Waals surface area contributed by atoms with Crippen molar-refractivity contribution in [3.63, 3.8) is 0 Å². The van der Waals surface area contributed by atoms with Gasteiger partial charge in [0, 0.05) is 15.9 Å². The lowest BCUT2D eigenvalue weighted by molar-refractivity contribution is 0.0738. The predicted octanol–water partition coefficient (Wildman–Crippen LogP) is 3.34. The van der Waals surface area contributed by atoms with Gasteiger partial charge in [-0.15, -0.1) is 0 Å². The van der Waals surface area contributed by atoms with E-state index in [-0.39, 0.29) is 5.91 Å². The molecule has 0 bridgehead atoms. The number of hydrazine groups is 1. The van der Waals surface area contributed by atoms with Crippen LogP contribution in [0.2, 0.25) is 5.02 Å².